The monoisotopic (exact) mass is 369 g/mol. The Labute approximate surface area is 106 Å². The lowest BCUT2D eigenvalue weighted by Crippen LogP contribution is -2.34. The van der Waals surface area contributed by atoms with Crippen molar-refractivity contribution in [1.82, 2.24) is 0 Å². The van der Waals surface area contributed by atoms with Gasteiger partial charge in [-0.25, -0.2) is 0 Å². The van der Waals surface area contributed by atoms with Crippen molar-refractivity contribution in [3.8, 4) is 0 Å². The first-order valence-corrected chi connectivity index (χ1v) is 6.20. The molecule has 0 spiro atoms. The van der Waals surface area contributed by atoms with Crippen molar-refractivity contribution in [2.75, 3.05) is 6.61 Å². The first kappa shape index (κ1) is 12.4. The van der Waals surface area contributed by atoms with E-state index in [1.807, 2.05) is 25.1 Å². The summed E-state index contributed by atoms with van der Waals surface area (Å²) in [6, 6.07) is 6.03. The smallest absolute Gasteiger partial charge is 0.0451 e. The Balaban J connectivity index is 3.01. The molecule has 0 aliphatic rings. The quantitative estimate of drug-likeness (QED) is 0.804. The number of hydrogen-bond donors (Lipinski definition) is 2. The van der Waals surface area contributed by atoms with Crippen LogP contribution in [0.4, 0.5) is 0 Å². The fourth-order valence-electron chi connectivity index (χ4n) is 1.23. The fourth-order valence-corrected chi connectivity index (χ4v) is 1.94. The lowest BCUT2D eigenvalue weighted by atomic mass is 9.90. The summed E-state index contributed by atoms with van der Waals surface area (Å²) in [4.78, 5) is 0. The van der Waals surface area contributed by atoms with Crippen LogP contribution in [0.5, 0.6) is 0 Å². The molecule has 1 rings (SSSR count). The summed E-state index contributed by atoms with van der Waals surface area (Å²) in [7, 11) is 0. The Morgan fingerprint density at radius 2 is 2.21 bits per heavy atom. The van der Waals surface area contributed by atoms with Gasteiger partial charge in [0.2, 0.25) is 0 Å². The van der Waals surface area contributed by atoms with Gasteiger partial charge in [0.1, 0.15) is 0 Å². The second-order valence-corrected chi connectivity index (χ2v) is 5.54. The van der Waals surface area contributed by atoms with Crippen molar-refractivity contribution >= 4 is 38.5 Å². The van der Waals surface area contributed by atoms with Crippen LogP contribution in [0.3, 0.4) is 0 Å². The van der Waals surface area contributed by atoms with E-state index in [-0.39, 0.29) is 6.61 Å². The summed E-state index contributed by atoms with van der Waals surface area (Å²) in [6.07, 6.45) is 0.569. The molecule has 4 heteroatoms. The number of aliphatic hydroxyl groups excluding tert-OH is 1. The molecule has 1 aromatic rings. The van der Waals surface area contributed by atoms with Gasteiger partial charge in [0.25, 0.3) is 0 Å². The van der Waals surface area contributed by atoms with Crippen molar-refractivity contribution in [1.29, 1.82) is 0 Å². The van der Waals surface area contributed by atoms with Crippen molar-refractivity contribution < 1.29 is 5.11 Å². The van der Waals surface area contributed by atoms with Gasteiger partial charge < -0.3 is 10.8 Å². The van der Waals surface area contributed by atoms with Gasteiger partial charge in [0.15, 0.2) is 0 Å². The van der Waals surface area contributed by atoms with Crippen molar-refractivity contribution in [2.24, 2.45) is 5.73 Å². The van der Waals surface area contributed by atoms with Crippen LogP contribution in [-0.4, -0.2) is 11.7 Å². The van der Waals surface area contributed by atoms with Gasteiger partial charge in [-0.3, -0.25) is 0 Å². The molecule has 0 saturated carbocycles. The van der Waals surface area contributed by atoms with E-state index < -0.39 is 5.54 Å². The average Bonchev–Trinajstić information content (AvgIpc) is 2.09. The molecule has 2 nitrogen and oxygen atoms in total. The number of hydrogen-bond acceptors (Lipinski definition) is 2. The van der Waals surface area contributed by atoms with Crippen LogP contribution in [0.2, 0.25) is 0 Å². The third kappa shape index (κ3) is 2.92. The van der Waals surface area contributed by atoms with Crippen LogP contribution >= 0.6 is 38.5 Å². The molecule has 0 amide bonds. The van der Waals surface area contributed by atoms with Crippen LogP contribution in [0.1, 0.15) is 18.9 Å². The van der Waals surface area contributed by atoms with Gasteiger partial charge in [0.05, 0.1) is 0 Å². The Morgan fingerprint density at radius 3 is 2.71 bits per heavy atom. The summed E-state index contributed by atoms with van der Waals surface area (Å²) in [5, 5.41) is 8.89. The predicted molar refractivity (Wildman–Crippen MR) is 70.1 cm³/mol. The highest BCUT2D eigenvalue weighted by molar-refractivity contribution is 14.1. The molecular formula is C10H13BrINO. The Kier molecular flexibility index (Phi) is 4.36. The third-order valence-corrected chi connectivity index (χ3v) is 4.55. The van der Waals surface area contributed by atoms with Gasteiger partial charge in [-0.05, 0) is 69.6 Å². The lowest BCUT2D eigenvalue weighted by molar-refractivity contribution is 0.247. The molecule has 3 N–H and O–H groups in total. The van der Waals surface area contributed by atoms with Crippen LogP contribution in [-0.2, 0) is 5.54 Å². The molecule has 0 saturated heterocycles. The zero-order valence-corrected chi connectivity index (χ0v) is 11.7. The summed E-state index contributed by atoms with van der Waals surface area (Å²) in [6.45, 7) is 2.04. The molecule has 1 atom stereocenters. The van der Waals surface area contributed by atoms with Gasteiger partial charge in [-0.2, -0.15) is 0 Å². The molecule has 1 aromatic carbocycles. The Bertz CT molecular complexity index is 328. The fraction of sp³-hybridized carbons (Fsp3) is 0.400. The van der Waals surface area contributed by atoms with Crippen LogP contribution in [0.15, 0.2) is 22.7 Å². The number of aliphatic hydroxyl groups is 1. The van der Waals surface area contributed by atoms with E-state index in [1.165, 1.54) is 0 Å². The zero-order valence-electron chi connectivity index (χ0n) is 7.93. The first-order chi connectivity index (χ1) is 6.47. The van der Waals surface area contributed by atoms with E-state index in [4.69, 9.17) is 10.8 Å². The predicted octanol–water partition coefficient (Wildman–Crippen LogP) is 2.61. The number of benzene rings is 1. The number of halogens is 2. The molecule has 0 aliphatic carbocycles. The summed E-state index contributed by atoms with van der Waals surface area (Å²) in [5.41, 5.74) is 6.67. The van der Waals surface area contributed by atoms with Gasteiger partial charge in [0, 0.05) is 20.2 Å². The first-order valence-electron chi connectivity index (χ1n) is 4.32. The number of nitrogens with two attached hydrogens (primary N) is 1. The minimum absolute atomic E-state index is 0.108. The SMILES string of the molecule is C[C@@](N)(CCO)c1ccc(I)c(Br)c1. The highest BCUT2D eigenvalue weighted by atomic mass is 127. The molecule has 14 heavy (non-hydrogen) atoms. The molecule has 78 valence electrons. The minimum Gasteiger partial charge on any atom is -0.396 e. The normalized spacial score (nSPS) is 15.2. The second kappa shape index (κ2) is 4.92. The van der Waals surface area contributed by atoms with E-state index in [2.05, 4.69) is 38.5 Å². The molecule has 0 fully saturated rings. The van der Waals surface area contributed by atoms with Crippen molar-refractivity contribution in [2.45, 2.75) is 18.9 Å². The Morgan fingerprint density at radius 1 is 1.57 bits per heavy atom. The number of rotatable bonds is 3. The second-order valence-electron chi connectivity index (χ2n) is 3.52. The largest absolute Gasteiger partial charge is 0.396 e. The molecule has 0 unspecified atom stereocenters. The van der Waals surface area contributed by atoms with Crippen LogP contribution in [0, 0.1) is 3.57 Å². The molecule has 0 bridgehead atoms. The molecule has 0 aromatic heterocycles. The standard InChI is InChI=1S/C10H13BrINO/c1-10(13,4-5-14)7-2-3-9(12)8(11)6-7/h2-3,6,14H,4-5,13H2,1H3/t10-/m1/s1. The molecule has 0 radical (unpaired) electrons. The minimum atomic E-state index is -0.457. The van der Waals surface area contributed by atoms with E-state index in [1.54, 1.807) is 0 Å². The Hall–Kier alpha value is 0.350. The molecule has 0 aliphatic heterocycles. The van der Waals surface area contributed by atoms with E-state index >= 15 is 0 Å². The summed E-state index contributed by atoms with van der Waals surface area (Å²) < 4.78 is 2.20. The molecular weight excluding hydrogens is 357 g/mol. The van der Waals surface area contributed by atoms with Crippen molar-refractivity contribution in [3.63, 3.8) is 0 Å². The lowest BCUT2D eigenvalue weighted by Gasteiger charge is -2.24. The maximum Gasteiger partial charge on any atom is 0.0451 e. The topological polar surface area (TPSA) is 46.2 Å². The van der Waals surface area contributed by atoms with E-state index in [9.17, 15) is 0 Å². The van der Waals surface area contributed by atoms with Gasteiger partial charge in [-0.15, -0.1) is 0 Å². The van der Waals surface area contributed by atoms with Crippen LogP contribution in [0.25, 0.3) is 0 Å². The zero-order chi connectivity index (χ0) is 10.8. The van der Waals surface area contributed by atoms with E-state index in [0.717, 1.165) is 13.6 Å². The van der Waals surface area contributed by atoms with Gasteiger partial charge >= 0.3 is 0 Å². The highest BCUT2D eigenvalue weighted by Gasteiger charge is 2.20. The average molecular weight is 370 g/mol. The maximum absolute atomic E-state index is 8.89. The van der Waals surface area contributed by atoms with Gasteiger partial charge in [-0.1, -0.05) is 6.07 Å². The van der Waals surface area contributed by atoms with Crippen molar-refractivity contribution in [3.05, 3.63) is 31.8 Å². The summed E-state index contributed by atoms with van der Waals surface area (Å²) >= 11 is 5.72. The highest BCUT2D eigenvalue weighted by Crippen LogP contribution is 2.27. The van der Waals surface area contributed by atoms with E-state index in [0.29, 0.717) is 6.42 Å². The molecule has 0 heterocycles. The summed E-state index contributed by atoms with van der Waals surface area (Å²) in [5.74, 6) is 0. The third-order valence-electron chi connectivity index (χ3n) is 2.21. The maximum atomic E-state index is 8.89. The van der Waals surface area contributed by atoms with Crippen LogP contribution < -0.4 is 5.73 Å².